The minimum Gasteiger partial charge on any atom is -0.365 e. The molecule has 333 valence electrons. The van der Waals surface area contributed by atoms with Gasteiger partial charge in [-0.2, -0.15) is 23.7 Å². The molecule has 67 heavy (non-hydrogen) atoms. The van der Waals surface area contributed by atoms with E-state index in [1.54, 1.807) is 0 Å². The van der Waals surface area contributed by atoms with Crippen LogP contribution in [0.4, 0.5) is 0 Å². The van der Waals surface area contributed by atoms with Gasteiger partial charge in [0.15, 0.2) is 0 Å². The molecule has 0 fully saturated rings. The molecule has 13 rings (SSSR count). The van der Waals surface area contributed by atoms with Crippen LogP contribution in [0.2, 0.25) is 0 Å². The molecule has 3 nitrogen and oxygen atoms in total. The number of nitrogens with zero attached hydrogens (tertiary/aromatic N) is 3. The third kappa shape index (κ3) is 6.40. The van der Waals surface area contributed by atoms with E-state index in [1.807, 2.05) is 0 Å². The maximum atomic E-state index is 3.84. The Morgan fingerprint density at radius 3 is 1.81 bits per heavy atom. The second kappa shape index (κ2) is 16.6. The largest absolute Gasteiger partial charge is 0.365 e. The van der Waals surface area contributed by atoms with Gasteiger partial charge in [-0.05, 0) is 85.6 Å². The summed E-state index contributed by atoms with van der Waals surface area (Å²) in [5, 5.41) is 2.67. The van der Waals surface area contributed by atoms with Gasteiger partial charge in [0.1, 0.15) is 0 Å². The smallest absolute Gasteiger partial charge is 0.269 e. The van der Waals surface area contributed by atoms with Crippen LogP contribution in [0.25, 0.3) is 61.0 Å². The molecule has 0 spiro atoms. The zero-order valence-electron chi connectivity index (χ0n) is 39.6. The molecule has 0 bridgehead atoms. The molecule has 0 amide bonds. The van der Waals surface area contributed by atoms with E-state index in [2.05, 4.69) is 239 Å². The molecule has 1 atom stereocenters. The summed E-state index contributed by atoms with van der Waals surface area (Å²) in [5.41, 5.74) is 25.9. The summed E-state index contributed by atoms with van der Waals surface area (Å²) in [6.45, 7) is 18.5. The zero-order chi connectivity index (χ0) is 45.1. The third-order valence-electron chi connectivity index (χ3n) is 14.9. The van der Waals surface area contributed by atoms with Crippen molar-refractivity contribution >= 4 is 55.9 Å². The molecule has 1 aliphatic carbocycles. The van der Waals surface area contributed by atoms with Gasteiger partial charge >= 0.3 is 0 Å². The maximum Gasteiger partial charge on any atom is 0.269 e. The van der Waals surface area contributed by atoms with Crippen molar-refractivity contribution in [2.24, 2.45) is 0 Å². The Labute approximate surface area is 411 Å². The van der Waals surface area contributed by atoms with Gasteiger partial charge in [0, 0.05) is 44.2 Å². The number of para-hydroxylation sites is 6. The molecule has 2 aliphatic heterocycles. The molecule has 8 aromatic carbocycles. The minimum atomic E-state index is 0. The van der Waals surface area contributed by atoms with Crippen molar-refractivity contribution in [2.75, 3.05) is 0 Å². The molecule has 1 radical (unpaired) electrons. The Hall–Kier alpha value is -6.16. The summed E-state index contributed by atoms with van der Waals surface area (Å²) in [4.78, 5) is 0. The minimum absolute atomic E-state index is 0. The number of benzene rings is 8. The summed E-state index contributed by atoms with van der Waals surface area (Å²) in [7, 11) is 0. The third-order valence-corrected chi connectivity index (χ3v) is 14.9. The van der Waals surface area contributed by atoms with E-state index in [1.165, 1.54) is 116 Å². The average molecular weight is 1050 g/mol. The Morgan fingerprint density at radius 1 is 0.522 bits per heavy atom. The first-order valence-corrected chi connectivity index (χ1v) is 24.1. The molecule has 4 heterocycles. The summed E-state index contributed by atoms with van der Waals surface area (Å²) >= 11 is 0. The second-order valence-corrected chi connectivity index (χ2v) is 20.0. The Kier molecular flexibility index (Phi) is 10.7. The summed E-state index contributed by atoms with van der Waals surface area (Å²) in [6.07, 6.45) is 3.84. The Morgan fingerprint density at radius 2 is 1.09 bits per heavy atom. The van der Waals surface area contributed by atoms with Crippen molar-refractivity contribution < 1.29 is 26.9 Å². The zero-order valence-corrected chi connectivity index (χ0v) is 41.8. The van der Waals surface area contributed by atoms with Crippen LogP contribution in [0.1, 0.15) is 124 Å². The van der Waals surface area contributed by atoms with E-state index in [4.69, 9.17) is 0 Å². The van der Waals surface area contributed by atoms with Crippen molar-refractivity contribution in [1.82, 2.24) is 9.13 Å². The fraction of sp³-hybridized carbons (Fsp3) is 0.210. The van der Waals surface area contributed by atoms with Crippen molar-refractivity contribution in [2.45, 2.75) is 85.0 Å². The van der Waals surface area contributed by atoms with Gasteiger partial charge in [-0.25, -0.2) is 0 Å². The SMILES string of the molecule is CC(C)c1cccc(C(C)C)c1-n1[c-][n+](-c2c(C(C)C)cccc2C(C)C)c2ccccc21.[Au].[c-]1cc2c3c(c1)-n1c4ccccc4c4cccc(c41)B3c1cccc3c1C2c1ccccc1-3. The molecule has 10 aromatic rings. The molecule has 2 aromatic heterocycles. The van der Waals surface area contributed by atoms with Crippen LogP contribution in [0.5, 0.6) is 0 Å². The Balaban J connectivity index is 0.000000145. The van der Waals surface area contributed by atoms with Gasteiger partial charge < -0.3 is 4.57 Å². The van der Waals surface area contributed by atoms with Gasteiger partial charge in [-0.15, -0.1) is 5.56 Å². The van der Waals surface area contributed by atoms with E-state index in [0.29, 0.717) is 23.7 Å². The van der Waals surface area contributed by atoms with Crippen LogP contribution >= 0.6 is 0 Å². The maximum absolute atomic E-state index is 3.84. The van der Waals surface area contributed by atoms with Crippen molar-refractivity contribution in [3.05, 3.63) is 209 Å². The summed E-state index contributed by atoms with van der Waals surface area (Å²) < 4.78 is 7.14. The van der Waals surface area contributed by atoms with E-state index in [-0.39, 0.29) is 35.0 Å². The molecule has 1 unspecified atom stereocenters. The average Bonchev–Trinajstić information content (AvgIpc) is 4.00. The number of rotatable bonds is 6. The molecular formula is C62H55AuBN3-. The van der Waals surface area contributed by atoms with Crippen LogP contribution in [-0.4, -0.2) is 15.8 Å². The summed E-state index contributed by atoms with van der Waals surface area (Å²) in [5.74, 6) is 2.00. The summed E-state index contributed by atoms with van der Waals surface area (Å²) in [6, 6.07) is 62.0. The number of hydrogen-bond donors (Lipinski definition) is 0. The molecule has 5 heteroatoms. The number of aromatic nitrogens is 3. The van der Waals surface area contributed by atoms with Crippen LogP contribution in [-0.2, 0) is 22.4 Å². The van der Waals surface area contributed by atoms with E-state index < -0.39 is 0 Å². The first-order valence-electron chi connectivity index (χ1n) is 24.1. The second-order valence-electron chi connectivity index (χ2n) is 20.0. The molecule has 0 saturated carbocycles. The molecule has 0 saturated heterocycles. The van der Waals surface area contributed by atoms with Crippen LogP contribution < -0.4 is 21.0 Å². The molecule has 0 N–H and O–H groups in total. The van der Waals surface area contributed by atoms with Crippen molar-refractivity contribution in [1.29, 1.82) is 0 Å². The first-order chi connectivity index (χ1) is 32.1. The Bertz CT molecular complexity index is 3440. The van der Waals surface area contributed by atoms with Crippen molar-refractivity contribution in [3.8, 4) is 28.2 Å². The number of imidazole rings is 1. The predicted molar refractivity (Wildman–Crippen MR) is 277 cm³/mol. The van der Waals surface area contributed by atoms with Crippen LogP contribution in [0, 0.1) is 12.4 Å². The van der Waals surface area contributed by atoms with Gasteiger partial charge in [-0.3, -0.25) is 9.13 Å². The van der Waals surface area contributed by atoms with Crippen LogP contribution in [0.3, 0.4) is 0 Å². The van der Waals surface area contributed by atoms with E-state index >= 15 is 0 Å². The predicted octanol–water partition coefficient (Wildman–Crippen LogP) is 13.1. The number of hydrogen-bond acceptors (Lipinski definition) is 0. The first kappa shape index (κ1) is 43.4. The fourth-order valence-corrected chi connectivity index (χ4v) is 12.1. The van der Waals surface area contributed by atoms with E-state index in [0.717, 1.165) is 0 Å². The van der Waals surface area contributed by atoms with Gasteiger partial charge in [-0.1, -0.05) is 206 Å². The molecular weight excluding hydrogens is 994 g/mol. The molecule has 3 aliphatic rings. The monoisotopic (exact) mass is 1050 g/mol. The fourth-order valence-electron chi connectivity index (χ4n) is 12.1. The topological polar surface area (TPSA) is 13.7 Å². The normalized spacial score (nSPS) is 13.9. The quantitative estimate of drug-likeness (QED) is 0.0895. The van der Waals surface area contributed by atoms with Crippen molar-refractivity contribution in [3.63, 3.8) is 0 Å². The van der Waals surface area contributed by atoms with Gasteiger partial charge in [0.2, 0.25) is 6.71 Å². The van der Waals surface area contributed by atoms with Gasteiger partial charge in [0.25, 0.3) is 6.33 Å². The van der Waals surface area contributed by atoms with E-state index in [9.17, 15) is 0 Å². The standard InChI is InChI=1S/C31H17BN.C31H38N2.Au/c1-2-10-20-18(8-1)21-11-5-14-24-29(21)28(20)23-13-7-17-27-30(23)32(24)25-15-6-12-22-19-9-3-4-16-26(19)33(27)31(22)25;1-20(2)24-13-11-14-25(21(3)4)30(24)32-19-33(29-18-10-9-17-28(29)32)31-26(22(5)6)15-12-16-27(31)23(7)8;/h1-6,8-17,28H;9-18,20-23H,1-8H3;/q-1;;. The number of fused-ring (bicyclic) bond motifs is 11. The van der Waals surface area contributed by atoms with Gasteiger partial charge in [0.05, 0.1) is 22.4 Å². The van der Waals surface area contributed by atoms with Crippen LogP contribution in [0.15, 0.2) is 158 Å².